The fourth-order valence-corrected chi connectivity index (χ4v) is 5.16. The summed E-state index contributed by atoms with van der Waals surface area (Å²) in [6, 6.07) is 5.79. The maximum Gasteiger partial charge on any atom is 0.143 e. The van der Waals surface area contributed by atoms with Gasteiger partial charge in [0, 0.05) is 41.9 Å². The molecule has 3 aromatic rings. The second kappa shape index (κ2) is 9.29. The van der Waals surface area contributed by atoms with E-state index in [9.17, 15) is 10.2 Å². The van der Waals surface area contributed by atoms with E-state index in [1.807, 2.05) is 49.7 Å². The van der Waals surface area contributed by atoms with Crippen LogP contribution < -0.4 is 10.1 Å². The van der Waals surface area contributed by atoms with Gasteiger partial charge >= 0.3 is 0 Å². The predicted octanol–water partition coefficient (Wildman–Crippen LogP) is 2.95. The third kappa shape index (κ3) is 3.91. The number of aliphatic hydroxyl groups is 2. The summed E-state index contributed by atoms with van der Waals surface area (Å²) in [4.78, 5) is 13.2. The van der Waals surface area contributed by atoms with E-state index in [1.54, 1.807) is 6.21 Å². The number of hydrogen-bond donors (Lipinski definition) is 3. The zero-order chi connectivity index (χ0) is 23.8. The summed E-state index contributed by atoms with van der Waals surface area (Å²) >= 11 is 0. The van der Waals surface area contributed by atoms with Gasteiger partial charge in [-0.1, -0.05) is 6.08 Å². The Bertz CT molecular complexity index is 1260. The maximum atomic E-state index is 11.0. The average molecular weight is 462 g/mol. The molecular weight excluding hydrogens is 430 g/mol. The fourth-order valence-electron chi connectivity index (χ4n) is 5.16. The molecule has 0 amide bonds. The van der Waals surface area contributed by atoms with E-state index in [4.69, 9.17) is 4.74 Å². The van der Waals surface area contributed by atoms with Gasteiger partial charge in [-0.2, -0.15) is 0 Å². The molecule has 8 nitrogen and oxygen atoms in total. The third-order valence-electron chi connectivity index (χ3n) is 6.95. The Morgan fingerprint density at radius 3 is 2.88 bits per heavy atom. The number of rotatable bonds is 5. The molecule has 3 N–H and O–H groups in total. The molecule has 0 spiro atoms. The minimum absolute atomic E-state index is 0.347. The van der Waals surface area contributed by atoms with Crippen molar-refractivity contribution in [3.05, 3.63) is 59.2 Å². The fraction of sp³-hybridized carbons (Fsp3) is 0.423. The zero-order valence-corrected chi connectivity index (χ0v) is 19.8. The molecule has 8 heteroatoms. The Kier molecular flexibility index (Phi) is 6.20. The highest BCUT2D eigenvalue weighted by Gasteiger charge is 2.44. The molecule has 1 aliphatic heterocycles. The molecule has 0 saturated heterocycles. The molecular formula is C26H31N5O3. The normalized spacial score (nSPS) is 25.3. The first-order valence-electron chi connectivity index (χ1n) is 11.8. The number of hydrogen-bond acceptors (Lipinski definition) is 7. The lowest BCUT2D eigenvalue weighted by atomic mass is 9.96. The van der Waals surface area contributed by atoms with E-state index in [-0.39, 0.29) is 6.04 Å². The van der Waals surface area contributed by atoms with Gasteiger partial charge in [-0.15, -0.1) is 0 Å². The molecule has 2 unspecified atom stereocenters. The van der Waals surface area contributed by atoms with Gasteiger partial charge in [0.1, 0.15) is 36.0 Å². The quantitative estimate of drug-likeness (QED) is 0.505. The van der Waals surface area contributed by atoms with Crippen molar-refractivity contribution in [2.45, 2.75) is 64.5 Å². The molecule has 1 saturated carbocycles. The van der Waals surface area contributed by atoms with Crippen molar-refractivity contribution < 1.29 is 14.9 Å². The average Bonchev–Trinajstić information content (AvgIpc) is 3.40. The van der Waals surface area contributed by atoms with Crippen molar-refractivity contribution in [3.8, 4) is 5.75 Å². The number of fused-ring (bicyclic) bond motifs is 2. The number of ether oxygens (including phenoxy) is 1. The molecule has 0 bridgehead atoms. The summed E-state index contributed by atoms with van der Waals surface area (Å²) in [5, 5.41) is 26.3. The largest absolute Gasteiger partial charge is 0.487 e. The SMILES string of the molecule is CC=N/C(=C\C)c1cc2c(c(OC3CC(n4ccc5c(C)ncnc54)[C@H](O)[C@@H]3O)c1)CNCC2. The van der Waals surface area contributed by atoms with E-state index in [0.717, 1.165) is 52.3 Å². The van der Waals surface area contributed by atoms with Crippen LogP contribution in [-0.2, 0) is 13.0 Å². The number of aliphatic hydroxyl groups excluding tert-OH is 2. The topological polar surface area (TPSA) is 105 Å². The van der Waals surface area contributed by atoms with Crippen molar-refractivity contribution in [1.29, 1.82) is 0 Å². The highest BCUT2D eigenvalue weighted by molar-refractivity contribution is 5.78. The van der Waals surface area contributed by atoms with Gasteiger partial charge in [0.15, 0.2) is 0 Å². The van der Waals surface area contributed by atoms with Crippen LogP contribution in [0.3, 0.4) is 0 Å². The Balaban J connectivity index is 1.48. The second-order valence-corrected chi connectivity index (χ2v) is 8.96. The third-order valence-corrected chi connectivity index (χ3v) is 6.95. The molecule has 178 valence electrons. The van der Waals surface area contributed by atoms with Gasteiger partial charge < -0.3 is 24.8 Å². The molecule has 0 radical (unpaired) electrons. The Hall–Kier alpha value is -3.07. The van der Waals surface area contributed by atoms with Gasteiger partial charge in [-0.05, 0) is 57.5 Å². The van der Waals surface area contributed by atoms with Crippen LogP contribution in [0.5, 0.6) is 5.75 Å². The maximum absolute atomic E-state index is 11.0. The lowest BCUT2D eigenvalue weighted by Gasteiger charge is -2.25. The Labute approximate surface area is 199 Å². The Morgan fingerprint density at radius 1 is 1.24 bits per heavy atom. The number of allylic oxidation sites excluding steroid dienone is 1. The number of aliphatic imine (C=N–C) groups is 1. The van der Waals surface area contributed by atoms with Crippen molar-refractivity contribution >= 4 is 22.9 Å². The predicted molar refractivity (Wildman–Crippen MR) is 132 cm³/mol. The first-order chi connectivity index (χ1) is 16.5. The highest BCUT2D eigenvalue weighted by Crippen LogP contribution is 2.38. The standard InChI is InChI=1S/C26H31N5O3/c1-4-20(28-5-2)17-10-16-6-8-27-13-19(16)22(11-17)34-23-12-21(24(32)25(23)33)31-9-7-18-15(3)29-14-30-26(18)31/h4-5,7,9-11,14,21,23-25,27,32-33H,6,8,12-13H2,1-3H3/b20-4-,28-5?/t21?,23?,24-,25+/m0/s1. The molecule has 3 heterocycles. The van der Waals surface area contributed by atoms with E-state index in [0.29, 0.717) is 13.0 Å². The van der Waals surface area contributed by atoms with E-state index in [2.05, 4.69) is 26.3 Å². The minimum atomic E-state index is -1.02. The van der Waals surface area contributed by atoms with Gasteiger partial charge in [0.25, 0.3) is 0 Å². The summed E-state index contributed by atoms with van der Waals surface area (Å²) in [7, 11) is 0. The first kappa shape index (κ1) is 22.7. The molecule has 4 atom stereocenters. The van der Waals surface area contributed by atoms with Crippen molar-refractivity contribution in [3.63, 3.8) is 0 Å². The Morgan fingerprint density at radius 2 is 2.09 bits per heavy atom. The summed E-state index contributed by atoms with van der Waals surface area (Å²) in [6.07, 6.45) is 6.03. The van der Waals surface area contributed by atoms with Crippen LogP contribution in [0.15, 0.2) is 41.8 Å². The first-order valence-corrected chi connectivity index (χ1v) is 11.8. The molecule has 2 aromatic heterocycles. The van der Waals surface area contributed by atoms with Crippen LogP contribution in [0.1, 0.15) is 48.7 Å². The lowest BCUT2D eigenvalue weighted by molar-refractivity contribution is -0.0166. The summed E-state index contributed by atoms with van der Waals surface area (Å²) in [5.41, 5.74) is 5.84. The van der Waals surface area contributed by atoms with E-state index in [1.165, 1.54) is 11.9 Å². The highest BCUT2D eigenvalue weighted by atomic mass is 16.5. The van der Waals surface area contributed by atoms with Gasteiger partial charge in [0.2, 0.25) is 0 Å². The van der Waals surface area contributed by atoms with Crippen LogP contribution in [0.2, 0.25) is 0 Å². The molecule has 1 aliphatic carbocycles. The van der Waals surface area contributed by atoms with Crippen molar-refractivity contribution in [2.75, 3.05) is 6.54 Å². The smallest absolute Gasteiger partial charge is 0.143 e. The number of nitrogens with zero attached hydrogens (tertiary/aromatic N) is 4. The molecule has 2 aliphatic rings. The van der Waals surface area contributed by atoms with Gasteiger partial charge in [-0.25, -0.2) is 9.97 Å². The summed E-state index contributed by atoms with van der Waals surface area (Å²) < 4.78 is 8.39. The van der Waals surface area contributed by atoms with Crippen LogP contribution in [0.25, 0.3) is 16.7 Å². The van der Waals surface area contributed by atoms with Crippen molar-refractivity contribution in [2.24, 2.45) is 4.99 Å². The van der Waals surface area contributed by atoms with E-state index >= 15 is 0 Å². The molecule has 1 aromatic carbocycles. The molecule has 5 rings (SSSR count). The monoisotopic (exact) mass is 461 g/mol. The van der Waals surface area contributed by atoms with Crippen LogP contribution in [0, 0.1) is 6.92 Å². The summed E-state index contributed by atoms with van der Waals surface area (Å²) in [6.45, 7) is 7.43. The molecule has 34 heavy (non-hydrogen) atoms. The number of aromatic nitrogens is 3. The van der Waals surface area contributed by atoms with Crippen molar-refractivity contribution in [1.82, 2.24) is 19.9 Å². The molecule has 1 fully saturated rings. The van der Waals surface area contributed by atoms with Gasteiger partial charge in [0.05, 0.1) is 17.4 Å². The van der Waals surface area contributed by atoms with Crippen LogP contribution >= 0.6 is 0 Å². The zero-order valence-electron chi connectivity index (χ0n) is 19.8. The number of aryl methyl sites for hydroxylation is 1. The number of benzene rings is 1. The summed E-state index contributed by atoms with van der Waals surface area (Å²) in [5.74, 6) is 0.734. The second-order valence-electron chi connectivity index (χ2n) is 8.96. The number of nitrogens with one attached hydrogen (secondary N) is 1. The van der Waals surface area contributed by atoms with Crippen LogP contribution in [-0.4, -0.2) is 55.8 Å². The minimum Gasteiger partial charge on any atom is -0.487 e. The van der Waals surface area contributed by atoms with E-state index < -0.39 is 18.3 Å². The lowest BCUT2D eigenvalue weighted by Crippen LogP contribution is -2.35. The van der Waals surface area contributed by atoms with Gasteiger partial charge in [-0.3, -0.25) is 4.99 Å². The van der Waals surface area contributed by atoms with Crippen LogP contribution in [0.4, 0.5) is 0 Å².